The van der Waals surface area contributed by atoms with Crippen LogP contribution in [0.15, 0.2) is 46.5 Å². The van der Waals surface area contributed by atoms with E-state index >= 15 is 0 Å². The van der Waals surface area contributed by atoms with E-state index < -0.39 is 10.0 Å². The van der Waals surface area contributed by atoms with Crippen molar-refractivity contribution in [2.75, 3.05) is 26.3 Å². The number of imidazole rings is 1. The van der Waals surface area contributed by atoms with Crippen molar-refractivity contribution >= 4 is 38.6 Å². The van der Waals surface area contributed by atoms with Gasteiger partial charge in [-0.1, -0.05) is 29.5 Å². The normalized spacial score (nSPS) is 16.2. The standard InChI is InChI=1S/C24H29N3O4S2/c1-5-27-22-9-8-19(33(29,30)26-10-12-31-13-11-26)15-21(22)25-24(27)32-18(4)23(28)20-14-16(2)6-7-17(20)3/h6-9,14-15,18H,5,10-13H2,1-4H3. The molecule has 1 atom stereocenters. The second-order valence-corrected chi connectivity index (χ2v) is 11.5. The van der Waals surface area contributed by atoms with Crippen molar-refractivity contribution in [2.45, 2.75) is 49.5 Å². The molecule has 9 heteroatoms. The summed E-state index contributed by atoms with van der Waals surface area (Å²) >= 11 is 1.41. The van der Waals surface area contributed by atoms with Gasteiger partial charge in [-0.2, -0.15) is 4.31 Å². The molecule has 4 rings (SSSR count). The molecule has 0 spiro atoms. The molecule has 3 aromatic rings. The SMILES string of the molecule is CCn1c(SC(C)C(=O)c2cc(C)ccc2C)nc2cc(S(=O)(=O)N3CCOCC3)ccc21. The van der Waals surface area contributed by atoms with Crippen LogP contribution in [0.5, 0.6) is 0 Å². The highest BCUT2D eigenvalue weighted by Crippen LogP contribution is 2.31. The Labute approximate surface area is 199 Å². The zero-order valence-corrected chi connectivity index (χ0v) is 21.0. The number of thioether (sulfide) groups is 1. The molecule has 0 saturated carbocycles. The summed E-state index contributed by atoms with van der Waals surface area (Å²) in [5, 5.41) is 0.378. The maximum absolute atomic E-state index is 13.1. The molecule has 1 fully saturated rings. The van der Waals surface area contributed by atoms with Crippen molar-refractivity contribution in [1.29, 1.82) is 0 Å². The van der Waals surface area contributed by atoms with Gasteiger partial charge in [0, 0.05) is 25.2 Å². The molecule has 2 aromatic carbocycles. The van der Waals surface area contributed by atoms with E-state index in [1.54, 1.807) is 18.2 Å². The third-order valence-electron chi connectivity index (χ3n) is 5.92. The molecule has 1 unspecified atom stereocenters. The van der Waals surface area contributed by atoms with Gasteiger partial charge in [-0.05, 0) is 57.5 Å². The Balaban J connectivity index is 1.64. The summed E-state index contributed by atoms with van der Waals surface area (Å²) in [5.41, 5.74) is 4.20. The number of sulfonamides is 1. The van der Waals surface area contributed by atoms with Gasteiger partial charge in [0.2, 0.25) is 10.0 Å². The van der Waals surface area contributed by atoms with Crippen molar-refractivity contribution in [1.82, 2.24) is 13.9 Å². The van der Waals surface area contributed by atoms with E-state index in [-0.39, 0.29) is 15.9 Å². The van der Waals surface area contributed by atoms with Crippen LogP contribution in [0.3, 0.4) is 0 Å². The third kappa shape index (κ3) is 4.73. The number of hydrogen-bond acceptors (Lipinski definition) is 6. The van der Waals surface area contributed by atoms with Crippen LogP contribution in [-0.2, 0) is 21.3 Å². The quantitative estimate of drug-likeness (QED) is 0.369. The molecule has 0 amide bonds. The number of aromatic nitrogens is 2. The first-order valence-electron chi connectivity index (χ1n) is 11.1. The lowest BCUT2D eigenvalue weighted by Crippen LogP contribution is -2.40. The van der Waals surface area contributed by atoms with E-state index in [0.717, 1.165) is 22.2 Å². The van der Waals surface area contributed by atoms with Crippen LogP contribution in [0.1, 0.15) is 35.3 Å². The number of carbonyl (C=O) groups is 1. The number of ketones is 1. The summed E-state index contributed by atoms with van der Waals surface area (Å²) in [5.74, 6) is 0.0616. The molecule has 33 heavy (non-hydrogen) atoms. The highest BCUT2D eigenvalue weighted by molar-refractivity contribution is 8.00. The summed E-state index contributed by atoms with van der Waals surface area (Å²) in [6.07, 6.45) is 0. The molecule has 0 N–H and O–H groups in total. The van der Waals surface area contributed by atoms with Crippen molar-refractivity contribution < 1.29 is 17.9 Å². The molecular formula is C24H29N3O4S2. The van der Waals surface area contributed by atoms with Crippen LogP contribution in [0.4, 0.5) is 0 Å². The summed E-state index contributed by atoms with van der Waals surface area (Å²) in [6, 6.07) is 11.0. The van der Waals surface area contributed by atoms with E-state index in [1.807, 2.05) is 50.5 Å². The Morgan fingerprint density at radius 3 is 2.58 bits per heavy atom. The number of rotatable bonds is 7. The van der Waals surface area contributed by atoms with E-state index in [0.29, 0.717) is 43.5 Å². The molecule has 176 valence electrons. The van der Waals surface area contributed by atoms with Crippen molar-refractivity contribution in [3.05, 3.63) is 53.1 Å². The maximum atomic E-state index is 13.1. The highest BCUT2D eigenvalue weighted by Gasteiger charge is 2.27. The predicted octanol–water partition coefficient (Wildman–Crippen LogP) is 4.06. The Kier molecular flexibility index (Phi) is 6.95. The topological polar surface area (TPSA) is 81.5 Å². The van der Waals surface area contributed by atoms with Crippen LogP contribution >= 0.6 is 11.8 Å². The molecule has 1 aliphatic rings. The van der Waals surface area contributed by atoms with E-state index in [2.05, 4.69) is 0 Å². The smallest absolute Gasteiger partial charge is 0.243 e. The van der Waals surface area contributed by atoms with Gasteiger partial charge in [0.15, 0.2) is 10.9 Å². The number of fused-ring (bicyclic) bond motifs is 1. The van der Waals surface area contributed by atoms with E-state index in [4.69, 9.17) is 9.72 Å². The number of carbonyl (C=O) groups excluding carboxylic acids is 1. The Hall–Kier alpha value is -2.20. The van der Waals surface area contributed by atoms with Crippen LogP contribution in [0, 0.1) is 13.8 Å². The van der Waals surface area contributed by atoms with Gasteiger partial charge in [-0.3, -0.25) is 4.79 Å². The molecule has 0 bridgehead atoms. The minimum absolute atomic E-state index is 0.0616. The van der Waals surface area contributed by atoms with Gasteiger partial charge in [0.1, 0.15) is 0 Å². The number of morpholine rings is 1. The minimum atomic E-state index is -3.60. The first kappa shape index (κ1) is 23.9. The summed E-state index contributed by atoms with van der Waals surface area (Å²) < 4.78 is 34.9. The molecule has 1 aromatic heterocycles. The zero-order chi connectivity index (χ0) is 23.8. The lowest BCUT2D eigenvalue weighted by molar-refractivity contribution is 0.0730. The van der Waals surface area contributed by atoms with Crippen molar-refractivity contribution in [3.63, 3.8) is 0 Å². The largest absolute Gasteiger partial charge is 0.379 e. The number of Topliss-reactive ketones (excluding diaryl/α,β-unsaturated/α-hetero) is 1. The molecule has 0 radical (unpaired) electrons. The monoisotopic (exact) mass is 487 g/mol. The van der Waals surface area contributed by atoms with Crippen LogP contribution in [0.25, 0.3) is 11.0 Å². The number of nitrogens with zero attached hydrogens (tertiary/aromatic N) is 3. The molecule has 7 nitrogen and oxygen atoms in total. The fourth-order valence-electron chi connectivity index (χ4n) is 4.01. The Bertz CT molecular complexity index is 1290. The predicted molar refractivity (Wildman–Crippen MR) is 131 cm³/mol. The molecule has 1 saturated heterocycles. The average molecular weight is 488 g/mol. The highest BCUT2D eigenvalue weighted by atomic mass is 32.2. The fourth-order valence-corrected chi connectivity index (χ4v) is 6.50. The molecular weight excluding hydrogens is 458 g/mol. The number of aryl methyl sites for hydroxylation is 3. The third-order valence-corrected chi connectivity index (χ3v) is 8.90. The van der Waals surface area contributed by atoms with Crippen molar-refractivity contribution in [3.8, 4) is 0 Å². The van der Waals surface area contributed by atoms with Gasteiger partial charge in [-0.25, -0.2) is 13.4 Å². The number of ether oxygens (including phenoxy) is 1. The van der Waals surface area contributed by atoms with Gasteiger partial charge >= 0.3 is 0 Å². The van der Waals surface area contributed by atoms with Gasteiger partial charge in [-0.15, -0.1) is 0 Å². The fraction of sp³-hybridized carbons (Fsp3) is 0.417. The first-order chi connectivity index (χ1) is 15.7. The van der Waals surface area contributed by atoms with Gasteiger partial charge in [0.05, 0.1) is 34.4 Å². The lowest BCUT2D eigenvalue weighted by Gasteiger charge is -2.26. The summed E-state index contributed by atoms with van der Waals surface area (Å²) in [7, 11) is -3.60. The summed E-state index contributed by atoms with van der Waals surface area (Å²) in [4.78, 5) is 18.1. The molecule has 2 heterocycles. The average Bonchev–Trinajstić information content (AvgIpc) is 3.16. The Morgan fingerprint density at radius 1 is 1.15 bits per heavy atom. The summed E-state index contributed by atoms with van der Waals surface area (Å²) in [6.45, 7) is 10.0. The second-order valence-electron chi connectivity index (χ2n) is 8.25. The van der Waals surface area contributed by atoms with Crippen LogP contribution < -0.4 is 0 Å². The van der Waals surface area contributed by atoms with E-state index in [1.165, 1.54) is 16.1 Å². The molecule has 0 aliphatic carbocycles. The Morgan fingerprint density at radius 2 is 1.88 bits per heavy atom. The van der Waals surface area contributed by atoms with Gasteiger partial charge in [0.25, 0.3) is 0 Å². The first-order valence-corrected chi connectivity index (χ1v) is 13.4. The lowest BCUT2D eigenvalue weighted by atomic mass is 10.0. The number of benzene rings is 2. The molecule has 1 aliphatic heterocycles. The van der Waals surface area contributed by atoms with Crippen molar-refractivity contribution in [2.24, 2.45) is 0 Å². The number of hydrogen-bond donors (Lipinski definition) is 0. The maximum Gasteiger partial charge on any atom is 0.243 e. The van der Waals surface area contributed by atoms with Gasteiger partial charge < -0.3 is 9.30 Å². The zero-order valence-electron chi connectivity index (χ0n) is 19.4. The van der Waals surface area contributed by atoms with Crippen LogP contribution in [-0.4, -0.2) is 59.6 Å². The van der Waals surface area contributed by atoms with Crippen LogP contribution in [0.2, 0.25) is 0 Å². The second kappa shape index (κ2) is 9.58. The van der Waals surface area contributed by atoms with E-state index in [9.17, 15) is 13.2 Å². The minimum Gasteiger partial charge on any atom is -0.379 e.